The number of ether oxygens (including phenoxy) is 1. The largest absolute Gasteiger partial charge is 0.383 e. The number of aliphatic hydroxyl groups is 1. The molecule has 0 radical (unpaired) electrons. The van der Waals surface area contributed by atoms with E-state index in [1.54, 1.807) is 55.9 Å². The Balaban J connectivity index is 1.52. The average Bonchev–Trinajstić information content (AvgIpc) is 3.13. The fourth-order valence-corrected chi connectivity index (χ4v) is 3.75. The van der Waals surface area contributed by atoms with Gasteiger partial charge >= 0.3 is 0 Å². The molecule has 1 atom stereocenters. The van der Waals surface area contributed by atoms with Crippen LogP contribution in [-0.2, 0) is 4.74 Å². The van der Waals surface area contributed by atoms with E-state index < -0.39 is 6.23 Å². The third-order valence-electron chi connectivity index (χ3n) is 5.59. The summed E-state index contributed by atoms with van der Waals surface area (Å²) < 4.78 is 6.62. The van der Waals surface area contributed by atoms with Gasteiger partial charge in [-0.3, -0.25) is 15.2 Å². The number of nitrogens with one attached hydrogen (secondary N) is 2. The van der Waals surface area contributed by atoms with Gasteiger partial charge in [0.05, 0.1) is 23.8 Å². The Morgan fingerprint density at radius 2 is 2.10 bits per heavy atom. The Labute approximate surface area is 173 Å². The van der Waals surface area contributed by atoms with Gasteiger partial charge in [-0.15, -0.1) is 0 Å². The fourth-order valence-electron chi connectivity index (χ4n) is 3.75. The maximum absolute atomic E-state index is 12.8. The van der Waals surface area contributed by atoms with Crippen LogP contribution in [-0.4, -0.2) is 39.1 Å². The first-order valence-electron chi connectivity index (χ1n) is 9.77. The minimum atomic E-state index is -0.864. The minimum Gasteiger partial charge on any atom is -0.383 e. The van der Waals surface area contributed by atoms with Gasteiger partial charge in [-0.2, -0.15) is 5.26 Å². The summed E-state index contributed by atoms with van der Waals surface area (Å²) in [5, 5.41) is 25.6. The van der Waals surface area contributed by atoms with E-state index in [1.165, 1.54) is 4.68 Å². The minimum absolute atomic E-state index is 0.195. The lowest BCUT2D eigenvalue weighted by atomic mass is 9.77. The van der Waals surface area contributed by atoms with Crippen LogP contribution in [0.25, 0.3) is 16.9 Å². The topological polar surface area (TPSA) is 116 Å². The van der Waals surface area contributed by atoms with E-state index in [1.807, 2.05) is 0 Å². The molecule has 1 aliphatic carbocycles. The SMILES string of the molecule is COCC1(NC(O)c2ccc(-n3[nH]cc(-c4ccc(C#N)cc4)c3=O)nc2)CCC1. The summed E-state index contributed by atoms with van der Waals surface area (Å²) in [7, 11) is 1.66. The number of pyridine rings is 1. The van der Waals surface area contributed by atoms with Gasteiger partial charge in [0.25, 0.3) is 5.56 Å². The van der Waals surface area contributed by atoms with Crippen LogP contribution in [0, 0.1) is 11.3 Å². The Morgan fingerprint density at radius 1 is 1.33 bits per heavy atom. The van der Waals surface area contributed by atoms with Gasteiger partial charge in [0, 0.05) is 30.6 Å². The first-order valence-corrected chi connectivity index (χ1v) is 9.77. The van der Waals surface area contributed by atoms with E-state index in [2.05, 4.69) is 21.5 Å². The van der Waals surface area contributed by atoms with Crippen molar-refractivity contribution in [2.24, 2.45) is 0 Å². The monoisotopic (exact) mass is 405 g/mol. The van der Waals surface area contributed by atoms with Crippen LogP contribution >= 0.6 is 0 Å². The molecule has 3 N–H and O–H groups in total. The van der Waals surface area contributed by atoms with Crippen LogP contribution in [0.1, 0.15) is 36.6 Å². The number of rotatable bonds is 7. The van der Waals surface area contributed by atoms with Crippen molar-refractivity contribution in [2.75, 3.05) is 13.7 Å². The number of H-pyrrole nitrogens is 1. The Hall–Kier alpha value is -3.25. The van der Waals surface area contributed by atoms with Crippen LogP contribution in [0.5, 0.6) is 0 Å². The molecule has 1 aromatic carbocycles. The number of benzene rings is 1. The van der Waals surface area contributed by atoms with Crippen LogP contribution < -0.4 is 10.9 Å². The first kappa shape index (κ1) is 20.0. The van der Waals surface area contributed by atoms with Gasteiger partial charge in [-0.1, -0.05) is 12.1 Å². The van der Waals surface area contributed by atoms with E-state index in [4.69, 9.17) is 10.00 Å². The highest BCUT2D eigenvalue weighted by Crippen LogP contribution is 2.34. The van der Waals surface area contributed by atoms with Gasteiger partial charge in [0.15, 0.2) is 5.82 Å². The smallest absolute Gasteiger partial charge is 0.280 e. The standard InChI is InChI=1S/C22H23N5O3/c1-30-14-22(9-2-10-22)26-20(28)17-7-8-19(24-12-17)27-21(29)18(13-25-27)16-5-3-15(11-23)4-6-16/h3-8,12-13,20,25-26,28H,2,9-10,14H2,1H3. The molecule has 1 unspecified atom stereocenters. The second kappa shape index (κ2) is 8.24. The third-order valence-corrected chi connectivity index (χ3v) is 5.59. The summed E-state index contributed by atoms with van der Waals surface area (Å²) in [5.74, 6) is 0.422. The van der Waals surface area contributed by atoms with Gasteiger partial charge in [0.1, 0.15) is 6.23 Å². The number of hydrogen-bond donors (Lipinski definition) is 3. The number of hydrogen-bond acceptors (Lipinski definition) is 6. The maximum Gasteiger partial charge on any atom is 0.280 e. The first-order chi connectivity index (χ1) is 14.5. The molecule has 154 valence electrons. The highest BCUT2D eigenvalue weighted by Gasteiger charge is 2.38. The van der Waals surface area contributed by atoms with Crippen molar-refractivity contribution in [1.82, 2.24) is 20.1 Å². The molecule has 2 aromatic heterocycles. The number of aliphatic hydroxyl groups excluding tert-OH is 1. The van der Waals surface area contributed by atoms with Gasteiger partial charge in [0.2, 0.25) is 0 Å². The highest BCUT2D eigenvalue weighted by atomic mass is 16.5. The summed E-state index contributed by atoms with van der Waals surface area (Å²) in [4.78, 5) is 17.1. The summed E-state index contributed by atoms with van der Waals surface area (Å²) in [5.41, 5.74) is 1.92. The number of aromatic nitrogens is 3. The van der Waals surface area contributed by atoms with Crippen LogP contribution in [0.3, 0.4) is 0 Å². The predicted octanol–water partition coefficient (Wildman–Crippen LogP) is 2.25. The fraction of sp³-hybridized carbons (Fsp3) is 0.318. The van der Waals surface area contributed by atoms with Crippen molar-refractivity contribution in [2.45, 2.75) is 31.0 Å². The van der Waals surface area contributed by atoms with Crippen LogP contribution in [0.15, 0.2) is 53.6 Å². The van der Waals surface area contributed by atoms with Crippen LogP contribution in [0.2, 0.25) is 0 Å². The second-order valence-corrected chi connectivity index (χ2v) is 7.58. The van der Waals surface area contributed by atoms with E-state index in [0.29, 0.717) is 34.7 Å². The lowest BCUT2D eigenvalue weighted by Gasteiger charge is -2.43. The van der Waals surface area contributed by atoms with Gasteiger partial charge in [-0.05, 0) is 49.1 Å². The molecular weight excluding hydrogens is 382 g/mol. The van der Waals surface area contributed by atoms with E-state index in [9.17, 15) is 9.90 Å². The molecule has 1 aliphatic rings. The Morgan fingerprint density at radius 3 is 2.67 bits per heavy atom. The Kier molecular flexibility index (Phi) is 5.50. The molecule has 0 saturated heterocycles. The van der Waals surface area contributed by atoms with Crippen molar-refractivity contribution in [1.29, 1.82) is 5.26 Å². The molecule has 0 bridgehead atoms. The highest BCUT2D eigenvalue weighted by molar-refractivity contribution is 5.63. The molecule has 8 heteroatoms. The molecule has 0 aliphatic heterocycles. The lowest BCUT2D eigenvalue weighted by molar-refractivity contribution is 0.00157. The maximum atomic E-state index is 12.8. The van der Waals surface area contributed by atoms with Gasteiger partial charge < -0.3 is 9.84 Å². The van der Waals surface area contributed by atoms with Gasteiger partial charge in [-0.25, -0.2) is 9.67 Å². The van der Waals surface area contributed by atoms with Crippen molar-refractivity contribution >= 4 is 0 Å². The number of nitriles is 1. The quantitative estimate of drug-likeness (QED) is 0.519. The number of nitrogens with zero attached hydrogens (tertiary/aromatic N) is 3. The molecule has 0 spiro atoms. The van der Waals surface area contributed by atoms with Crippen molar-refractivity contribution in [3.63, 3.8) is 0 Å². The molecule has 0 amide bonds. The zero-order valence-electron chi connectivity index (χ0n) is 16.6. The average molecular weight is 405 g/mol. The number of methoxy groups -OCH3 is 1. The van der Waals surface area contributed by atoms with E-state index >= 15 is 0 Å². The lowest BCUT2D eigenvalue weighted by Crippen LogP contribution is -2.55. The predicted molar refractivity (Wildman–Crippen MR) is 111 cm³/mol. The molecule has 4 rings (SSSR count). The van der Waals surface area contributed by atoms with Crippen molar-refractivity contribution in [3.8, 4) is 23.0 Å². The molecule has 30 heavy (non-hydrogen) atoms. The molecule has 2 heterocycles. The van der Waals surface area contributed by atoms with E-state index in [0.717, 1.165) is 19.3 Å². The summed E-state index contributed by atoms with van der Waals surface area (Å²) in [6.45, 7) is 0.547. The molecule has 1 fully saturated rings. The normalized spacial score (nSPS) is 15.9. The summed E-state index contributed by atoms with van der Waals surface area (Å²) in [6.07, 6.45) is 5.33. The summed E-state index contributed by atoms with van der Waals surface area (Å²) >= 11 is 0. The molecule has 8 nitrogen and oxygen atoms in total. The van der Waals surface area contributed by atoms with Crippen molar-refractivity contribution < 1.29 is 9.84 Å². The van der Waals surface area contributed by atoms with E-state index in [-0.39, 0.29) is 11.1 Å². The molecule has 1 saturated carbocycles. The molecule has 3 aromatic rings. The molecular formula is C22H23N5O3. The van der Waals surface area contributed by atoms with Crippen LogP contribution in [0.4, 0.5) is 0 Å². The number of aromatic amines is 1. The third kappa shape index (κ3) is 3.78. The zero-order chi connectivity index (χ0) is 21.1. The summed E-state index contributed by atoms with van der Waals surface area (Å²) in [6, 6.07) is 12.3. The Bertz CT molecular complexity index is 1110. The second-order valence-electron chi connectivity index (χ2n) is 7.58. The zero-order valence-corrected chi connectivity index (χ0v) is 16.6. The van der Waals surface area contributed by atoms with Crippen molar-refractivity contribution in [3.05, 3.63) is 70.3 Å².